The average molecular weight is 307 g/mol. The SMILES string of the molecule is CNc1nc2cc(C)c(C)cc2n1[C@H]1O[C@@H](CO)[C@@H](O)[C@@H]1O. The van der Waals surface area contributed by atoms with Gasteiger partial charge in [0.15, 0.2) is 6.23 Å². The molecule has 0 unspecified atom stereocenters. The van der Waals surface area contributed by atoms with Gasteiger partial charge in [-0.2, -0.15) is 0 Å². The molecular formula is C15H21N3O4. The Morgan fingerprint density at radius 2 is 1.91 bits per heavy atom. The zero-order valence-electron chi connectivity index (χ0n) is 12.8. The quantitative estimate of drug-likeness (QED) is 0.651. The van der Waals surface area contributed by atoms with E-state index in [0.29, 0.717) is 5.95 Å². The van der Waals surface area contributed by atoms with Crippen LogP contribution in [-0.2, 0) is 4.74 Å². The molecule has 1 fully saturated rings. The summed E-state index contributed by atoms with van der Waals surface area (Å²) >= 11 is 0. The van der Waals surface area contributed by atoms with Gasteiger partial charge < -0.3 is 25.4 Å². The van der Waals surface area contributed by atoms with E-state index in [1.807, 2.05) is 26.0 Å². The van der Waals surface area contributed by atoms with Gasteiger partial charge in [0.2, 0.25) is 5.95 Å². The second kappa shape index (κ2) is 5.51. The van der Waals surface area contributed by atoms with Crippen LogP contribution in [0.5, 0.6) is 0 Å². The zero-order valence-corrected chi connectivity index (χ0v) is 12.8. The van der Waals surface area contributed by atoms with E-state index in [2.05, 4.69) is 10.3 Å². The molecule has 1 aliphatic heterocycles. The van der Waals surface area contributed by atoms with Crippen LogP contribution in [0.3, 0.4) is 0 Å². The molecule has 22 heavy (non-hydrogen) atoms. The number of fused-ring (bicyclic) bond motifs is 1. The Morgan fingerprint density at radius 1 is 1.23 bits per heavy atom. The number of nitrogens with zero attached hydrogens (tertiary/aromatic N) is 2. The van der Waals surface area contributed by atoms with Gasteiger partial charge in [-0.3, -0.25) is 4.57 Å². The van der Waals surface area contributed by atoms with Crippen LogP contribution in [0, 0.1) is 13.8 Å². The molecule has 7 nitrogen and oxygen atoms in total. The molecule has 2 heterocycles. The molecule has 4 atom stereocenters. The number of hydrogen-bond acceptors (Lipinski definition) is 6. The van der Waals surface area contributed by atoms with E-state index in [-0.39, 0.29) is 6.61 Å². The summed E-state index contributed by atoms with van der Waals surface area (Å²) in [6.07, 6.45) is -3.89. The lowest BCUT2D eigenvalue weighted by Crippen LogP contribution is -2.33. The van der Waals surface area contributed by atoms with Crippen molar-refractivity contribution < 1.29 is 20.1 Å². The van der Waals surface area contributed by atoms with Crippen molar-refractivity contribution in [3.8, 4) is 0 Å². The van der Waals surface area contributed by atoms with Gasteiger partial charge in [-0.25, -0.2) is 4.98 Å². The lowest BCUT2D eigenvalue weighted by atomic mass is 10.1. The van der Waals surface area contributed by atoms with E-state index >= 15 is 0 Å². The Balaban J connectivity index is 2.15. The van der Waals surface area contributed by atoms with Crippen molar-refractivity contribution in [3.63, 3.8) is 0 Å². The van der Waals surface area contributed by atoms with E-state index in [1.165, 1.54) is 0 Å². The molecule has 0 amide bonds. The highest BCUT2D eigenvalue weighted by atomic mass is 16.6. The van der Waals surface area contributed by atoms with Crippen molar-refractivity contribution in [3.05, 3.63) is 23.3 Å². The number of nitrogens with one attached hydrogen (secondary N) is 1. The molecule has 0 bridgehead atoms. The summed E-state index contributed by atoms with van der Waals surface area (Å²) in [5.74, 6) is 0.537. The van der Waals surface area contributed by atoms with Crippen LogP contribution in [0.4, 0.5) is 5.95 Å². The highest BCUT2D eigenvalue weighted by molar-refractivity contribution is 5.80. The smallest absolute Gasteiger partial charge is 0.205 e. The molecule has 0 spiro atoms. The first-order chi connectivity index (χ1) is 10.5. The number of aromatic nitrogens is 2. The largest absolute Gasteiger partial charge is 0.394 e. The number of anilines is 1. The Hall–Kier alpha value is -1.67. The van der Waals surface area contributed by atoms with Crippen LogP contribution in [0.2, 0.25) is 0 Å². The number of ether oxygens (including phenoxy) is 1. The topological polar surface area (TPSA) is 99.8 Å². The molecular weight excluding hydrogens is 286 g/mol. The second-order valence-electron chi connectivity index (χ2n) is 5.71. The third kappa shape index (κ3) is 2.17. The monoisotopic (exact) mass is 307 g/mol. The number of benzene rings is 1. The molecule has 0 radical (unpaired) electrons. The van der Waals surface area contributed by atoms with Crippen molar-refractivity contribution in [2.24, 2.45) is 0 Å². The number of imidazole rings is 1. The van der Waals surface area contributed by atoms with Crippen LogP contribution >= 0.6 is 0 Å². The summed E-state index contributed by atoms with van der Waals surface area (Å²) in [7, 11) is 1.73. The number of hydrogen-bond donors (Lipinski definition) is 4. The number of aliphatic hydroxyl groups is 3. The Labute approximate surface area is 128 Å². The fraction of sp³-hybridized carbons (Fsp3) is 0.533. The summed E-state index contributed by atoms with van der Waals surface area (Å²) in [5.41, 5.74) is 3.82. The molecule has 1 saturated heterocycles. The van der Waals surface area contributed by atoms with Gasteiger partial charge in [0.05, 0.1) is 17.6 Å². The van der Waals surface area contributed by atoms with Crippen LogP contribution in [0.25, 0.3) is 11.0 Å². The summed E-state index contributed by atoms with van der Waals surface area (Å²) in [6, 6.07) is 3.95. The predicted octanol–water partition coefficient (Wildman–Crippen LogP) is 0.306. The second-order valence-corrected chi connectivity index (χ2v) is 5.71. The van der Waals surface area contributed by atoms with Crippen molar-refractivity contribution in [2.45, 2.75) is 38.4 Å². The summed E-state index contributed by atoms with van der Waals surface area (Å²) in [5, 5.41) is 32.5. The Bertz CT molecular complexity index is 700. The Kier molecular flexibility index (Phi) is 3.82. The number of aliphatic hydroxyl groups excluding tert-OH is 3. The predicted molar refractivity (Wildman–Crippen MR) is 81.8 cm³/mol. The van der Waals surface area contributed by atoms with Gasteiger partial charge in [0.25, 0.3) is 0 Å². The first-order valence-corrected chi connectivity index (χ1v) is 7.27. The molecule has 120 valence electrons. The molecule has 1 aromatic heterocycles. The molecule has 3 rings (SSSR count). The lowest BCUT2D eigenvalue weighted by Gasteiger charge is -2.19. The first-order valence-electron chi connectivity index (χ1n) is 7.27. The summed E-state index contributed by atoms with van der Waals surface area (Å²) in [4.78, 5) is 4.50. The Morgan fingerprint density at radius 3 is 2.50 bits per heavy atom. The van der Waals surface area contributed by atoms with Gasteiger partial charge in [-0.1, -0.05) is 0 Å². The maximum Gasteiger partial charge on any atom is 0.205 e. The minimum atomic E-state index is -1.14. The highest BCUT2D eigenvalue weighted by Crippen LogP contribution is 2.35. The molecule has 0 saturated carbocycles. The van der Waals surface area contributed by atoms with E-state index in [9.17, 15) is 15.3 Å². The van der Waals surface area contributed by atoms with Crippen molar-refractivity contribution in [1.82, 2.24) is 9.55 Å². The van der Waals surface area contributed by atoms with Gasteiger partial charge >= 0.3 is 0 Å². The maximum absolute atomic E-state index is 10.3. The van der Waals surface area contributed by atoms with Gasteiger partial charge in [0, 0.05) is 7.05 Å². The van der Waals surface area contributed by atoms with E-state index in [4.69, 9.17) is 4.74 Å². The van der Waals surface area contributed by atoms with Crippen LogP contribution in [-0.4, -0.2) is 56.8 Å². The lowest BCUT2D eigenvalue weighted by molar-refractivity contribution is -0.0499. The van der Waals surface area contributed by atoms with E-state index < -0.39 is 24.5 Å². The fourth-order valence-corrected chi connectivity index (χ4v) is 2.88. The third-order valence-corrected chi connectivity index (χ3v) is 4.30. The standard InChI is InChI=1S/C15H21N3O4/c1-7-4-9-10(5-8(7)2)18(15(16-3)17-9)14-13(21)12(20)11(6-19)22-14/h4-5,11-14,19-21H,6H2,1-3H3,(H,16,17)/t11-,12+,13-,14-/m0/s1. The molecule has 1 aromatic carbocycles. The first kappa shape index (κ1) is 15.2. The molecule has 0 aliphatic carbocycles. The normalized spacial score (nSPS) is 28.5. The van der Waals surface area contributed by atoms with Crippen LogP contribution < -0.4 is 5.32 Å². The highest BCUT2D eigenvalue weighted by Gasteiger charge is 2.44. The van der Waals surface area contributed by atoms with E-state index in [1.54, 1.807) is 11.6 Å². The average Bonchev–Trinajstić information content (AvgIpc) is 2.98. The maximum atomic E-state index is 10.3. The van der Waals surface area contributed by atoms with Crippen molar-refractivity contribution in [2.75, 3.05) is 19.0 Å². The number of aryl methyl sites for hydroxylation is 2. The van der Waals surface area contributed by atoms with Crippen molar-refractivity contribution in [1.29, 1.82) is 0 Å². The van der Waals surface area contributed by atoms with E-state index in [0.717, 1.165) is 22.2 Å². The minimum absolute atomic E-state index is 0.353. The zero-order chi connectivity index (χ0) is 16.0. The summed E-state index contributed by atoms with van der Waals surface area (Å²) < 4.78 is 7.36. The summed E-state index contributed by atoms with van der Waals surface area (Å²) in [6.45, 7) is 3.66. The van der Waals surface area contributed by atoms with Crippen molar-refractivity contribution >= 4 is 17.0 Å². The van der Waals surface area contributed by atoms with Gasteiger partial charge in [-0.15, -0.1) is 0 Å². The fourth-order valence-electron chi connectivity index (χ4n) is 2.88. The molecule has 1 aliphatic rings. The van der Waals surface area contributed by atoms with Gasteiger partial charge in [0.1, 0.15) is 18.3 Å². The van der Waals surface area contributed by atoms with Gasteiger partial charge in [-0.05, 0) is 37.1 Å². The van der Waals surface area contributed by atoms with Crippen LogP contribution in [0.1, 0.15) is 17.4 Å². The minimum Gasteiger partial charge on any atom is -0.394 e. The third-order valence-electron chi connectivity index (χ3n) is 4.30. The molecule has 2 aromatic rings. The molecule has 4 N–H and O–H groups in total. The number of rotatable bonds is 3. The van der Waals surface area contributed by atoms with Crippen LogP contribution in [0.15, 0.2) is 12.1 Å². The molecule has 7 heteroatoms.